The second-order valence-corrected chi connectivity index (χ2v) is 6.42. The van der Waals surface area contributed by atoms with Gasteiger partial charge in [-0.2, -0.15) is 0 Å². The van der Waals surface area contributed by atoms with Crippen molar-refractivity contribution < 1.29 is 14.7 Å². The highest BCUT2D eigenvalue weighted by atomic mass is 32.1. The van der Waals surface area contributed by atoms with Gasteiger partial charge in [0.05, 0.1) is 0 Å². The first-order chi connectivity index (χ1) is 12.6. The maximum Gasteiger partial charge on any atom is 0.227 e. The van der Waals surface area contributed by atoms with Gasteiger partial charge in [0.2, 0.25) is 11.8 Å². The summed E-state index contributed by atoms with van der Waals surface area (Å²) in [4.78, 5) is 16.2. The summed E-state index contributed by atoms with van der Waals surface area (Å²) in [5.41, 5.74) is 4.44. The zero-order valence-corrected chi connectivity index (χ0v) is 16.2. The van der Waals surface area contributed by atoms with Crippen LogP contribution in [0.5, 0.6) is 0 Å². The minimum Gasteiger partial charge on any atom is -0.436 e. The Kier molecular flexibility index (Phi) is 7.04. The summed E-state index contributed by atoms with van der Waals surface area (Å²) in [5, 5.41) is 5.97. The van der Waals surface area contributed by atoms with Gasteiger partial charge in [-0.15, -0.1) is 0 Å². The highest BCUT2D eigenvalue weighted by molar-refractivity contribution is 7.80. The number of aryl methyl sites for hydroxylation is 1. The Morgan fingerprint density at radius 1 is 1.19 bits per heavy atom. The van der Waals surface area contributed by atoms with E-state index >= 15 is 0 Å². The number of oxazole rings is 1. The smallest absolute Gasteiger partial charge is 0.227 e. The summed E-state index contributed by atoms with van der Waals surface area (Å²) in [5.74, 6) is 0.463. The highest BCUT2D eigenvalue weighted by Gasteiger charge is 2.10. The Bertz CT molecular complexity index is 953. The van der Waals surface area contributed by atoms with Crippen molar-refractivity contribution in [3.8, 4) is 11.5 Å². The normalized spacial score (nSPS) is 10.3. The number of anilines is 1. The number of thiocarbonyl (C=S) groups is 1. The van der Waals surface area contributed by atoms with E-state index in [9.17, 15) is 4.79 Å². The Balaban J connectivity index is 0.00000261. The molecule has 6 nitrogen and oxygen atoms in total. The molecule has 0 atom stereocenters. The molecule has 3 aromatic rings. The average molecular weight is 385 g/mol. The van der Waals surface area contributed by atoms with Crippen LogP contribution < -0.4 is 10.6 Å². The molecule has 1 amide bonds. The van der Waals surface area contributed by atoms with E-state index in [0.717, 1.165) is 35.2 Å². The van der Waals surface area contributed by atoms with Gasteiger partial charge in [0, 0.05) is 17.7 Å². The van der Waals surface area contributed by atoms with Crippen molar-refractivity contribution in [2.24, 2.45) is 0 Å². The van der Waals surface area contributed by atoms with E-state index in [-0.39, 0.29) is 16.5 Å². The zero-order chi connectivity index (χ0) is 18.5. The Hall–Kier alpha value is -2.77. The van der Waals surface area contributed by atoms with E-state index in [4.69, 9.17) is 16.6 Å². The van der Waals surface area contributed by atoms with Crippen LogP contribution >= 0.6 is 12.2 Å². The van der Waals surface area contributed by atoms with Gasteiger partial charge < -0.3 is 20.5 Å². The predicted octanol–water partition coefficient (Wildman–Crippen LogP) is 3.85. The summed E-state index contributed by atoms with van der Waals surface area (Å²) in [6, 6.07) is 13.6. The molecule has 0 fully saturated rings. The molecule has 142 valence electrons. The molecule has 1 heterocycles. The van der Waals surface area contributed by atoms with E-state index in [1.165, 1.54) is 5.56 Å². The molecule has 0 aliphatic carbocycles. The van der Waals surface area contributed by atoms with Crippen molar-refractivity contribution >= 4 is 40.0 Å². The second-order valence-electron chi connectivity index (χ2n) is 6.01. The van der Waals surface area contributed by atoms with E-state index in [0.29, 0.717) is 12.3 Å². The minimum absolute atomic E-state index is 0. The summed E-state index contributed by atoms with van der Waals surface area (Å²) in [6.45, 7) is 4.06. The lowest BCUT2D eigenvalue weighted by Gasteiger charge is -2.09. The quantitative estimate of drug-likeness (QED) is 0.650. The number of fused-ring (bicyclic) bond motifs is 1. The number of carbonyl (C=O) groups is 1. The van der Waals surface area contributed by atoms with E-state index < -0.39 is 0 Å². The van der Waals surface area contributed by atoms with E-state index in [1.807, 2.05) is 49.4 Å². The SMILES string of the molecule is CCCC(=O)NC(=S)Nc1cccc(-c2nc3cc(CC)ccc3o2)c1.O. The fourth-order valence-electron chi connectivity index (χ4n) is 2.62. The maximum atomic E-state index is 11.6. The molecule has 0 saturated carbocycles. The van der Waals surface area contributed by atoms with Gasteiger partial charge in [-0.3, -0.25) is 4.79 Å². The average Bonchev–Trinajstić information content (AvgIpc) is 3.05. The molecule has 27 heavy (non-hydrogen) atoms. The van der Waals surface area contributed by atoms with Crippen molar-refractivity contribution in [3.63, 3.8) is 0 Å². The number of amides is 1. The topological polar surface area (TPSA) is 98.7 Å². The van der Waals surface area contributed by atoms with Crippen molar-refractivity contribution in [1.82, 2.24) is 10.3 Å². The molecule has 0 saturated heterocycles. The van der Waals surface area contributed by atoms with Crippen LogP contribution in [0.15, 0.2) is 46.9 Å². The second kappa shape index (κ2) is 9.25. The number of nitrogens with zero attached hydrogens (tertiary/aromatic N) is 1. The number of hydrogen-bond acceptors (Lipinski definition) is 4. The molecule has 3 rings (SSSR count). The fraction of sp³-hybridized carbons (Fsp3) is 0.250. The lowest BCUT2D eigenvalue weighted by atomic mass is 10.1. The molecular formula is C20H23N3O3S. The van der Waals surface area contributed by atoms with Gasteiger partial charge >= 0.3 is 0 Å². The third-order valence-electron chi connectivity index (χ3n) is 3.96. The van der Waals surface area contributed by atoms with Gasteiger partial charge in [-0.25, -0.2) is 4.98 Å². The van der Waals surface area contributed by atoms with Crippen LogP contribution in [0.3, 0.4) is 0 Å². The lowest BCUT2D eigenvalue weighted by molar-refractivity contribution is -0.119. The van der Waals surface area contributed by atoms with Crippen molar-refractivity contribution in [1.29, 1.82) is 0 Å². The van der Waals surface area contributed by atoms with Crippen LogP contribution in [-0.4, -0.2) is 21.5 Å². The first kappa shape index (κ1) is 20.5. The number of benzene rings is 2. The zero-order valence-electron chi connectivity index (χ0n) is 15.3. The van der Waals surface area contributed by atoms with Gasteiger partial charge in [0.25, 0.3) is 0 Å². The summed E-state index contributed by atoms with van der Waals surface area (Å²) >= 11 is 5.18. The molecule has 2 aromatic carbocycles. The molecular weight excluding hydrogens is 362 g/mol. The summed E-state index contributed by atoms with van der Waals surface area (Å²) in [6.07, 6.45) is 2.19. The van der Waals surface area contributed by atoms with Crippen LogP contribution in [0.2, 0.25) is 0 Å². The van der Waals surface area contributed by atoms with Crippen molar-refractivity contribution in [2.75, 3.05) is 5.32 Å². The van der Waals surface area contributed by atoms with Gasteiger partial charge in [-0.05, 0) is 61.0 Å². The van der Waals surface area contributed by atoms with Gasteiger partial charge in [0.15, 0.2) is 10.7 Å². The highest BCUT2D eigenvalue weighted by Crippen LogP contribution is 2.26. The first-order valence-electron chi connectivity index (χ1n) is 8.69. The lowest BCUT2D eigenvalue weighted by Crippen LogP contribution is -2.33. The number of carbonyl (C=O) groups excluding carboxylic acids is 1. The molecule has 0 aliphatic rings. The Morgan fingerprint density at radius 3 is 2.74 bits per heavy atom. The minimum atomic E-state index is -0.0909. The molecule has 0 spiro atoms. The standard InChI is InChI=1S/C20H21N3O2S.H2O/c1-3-6-18(24)23-20(26)21-15-8-5-7-14(12-15)19-22-16-11-13(4-2)9-10-17(16)25-19;/h5,7-12H,3-4,6H2,1-2H3,(H2,21,23,24,26);1H2. The summed E-state index contributed by atoms with van der Waals surface area (Å²) < 4.78 is 5.87. The van der Waals surface area contributed by atoms with E-state index in [1.54, 1.807) is 0 Å². The Labute approximate surface area is 163 Å². The Morgan fingerprint density at radius 2 is 2.00 bits per heavy atom. The number of hydrogen-bond donors (Lipinski definition) is 2. The van der Waals surface area contributed by atoms with Crippen LogP contribution in [0.4, 0.5) is 5.69 Å². The third-order valence-corrected chi connectivity index (χ3v) is 4.16. The van der Waals surface area contributed by atoms with Gasteiger partial charge in [-0.1, -0.05) is 26.0 Å². The number of rotatable bonds is 5. The van der Waals surface area contributed by atoms with Crippen LogP contribution in [0.25, 0.3) is 22.6 Å². The molecule has 0 aliphatic heterocycles. The monoisotopic (exact) mass is 385 g/mol. The molecule has 0 radical (unpaired) electrons. The van der Waals surface area contributed by atoms with Crippen molar-refractivity contribution in [3.05, 3.63) is 48.0 Å². The van der Waals surface area contributed by atoms with E-state index in [2.05, 4.69) is 22.5 Å². The van der Waals surface area contributed by atoms with Crippen LogP contribution in [0, 0.1) is 0 Å². The molecule has 0 bridgehead atoms. The van der Waals surface area contributed by atoms with Crippen molar-refractivity contribution in [2.45, 2.75) is 33.1 Å². The third kappa shape index (κ3) is 5.12. The van der Waals surface area contributed by atoms with Crippen LogP contribution in [-0.2, 0) is 11.2 Å². The summed E-state index contributed by atoms with van der Waals surface area (Å²) in [7, 11) is 0. The number of aromatic nitrogens is 1. The first-order valence-corrected chi connectivity index (χ1v) is 9.10. The number of nitrogens with one attached hydrogen (secondary N) is 2. The van der Waals surface area contributed by atoms with Gasteiger partial charge in [0.1, 0.15) is 5.52 Å². The molecule has 0 unspecified atom stereocenters. The fourth-order valence-corrected chi connectivity index (χ4v) is 2.86. The molecule has 4 N–H and O–H groups in total. The molecule has 7 heteroatoms. The molecule has 1 aromatic heterocycles. The van der Waals surface area contributed by atoms with Crippen LogP contribution in [0.1, 0.15) is 32.3 Å². The maximum absolute atomic E-state index is 11.6. The largest absolute Gasteiger partial charge is 0.436 e. The predicted molar refractivity (Wildman–Crippen MR) is 112 cm³/mol.